The van der Waals surface area contributed by atoms with Crippen LogP contribution < -0.4 is 0 Å². The first-order valence-electron chi connectivity index (χ1n) is 7.99. The van der Waals surface area contributed by atoms with E-state index in [1.165, 1.54) is 0 Å². The zero-order valence-electron chi connectivity index (χ0n) is 13.3. The molecule has 0 fully saturated rings. The third-order valence-corrected chi connectivity index (χ3v) is 5.75. The molecule has 2 nitrogen and oxygen atoms in total. The molecular formula is C21H20O2S. The summed E-state index contributed by atoms with van der Waals surface area (Å²) in [5.41, 5.74) is 1.83. The molecule has 0 aliphatic carbocycles. The fourth-order valence-electron chi connectivity index (χ4n) is 2.75. The van der Waals surface area contributed by atoms with E-state index in [1.54, 1.807) is 0 Å². The van der Waals surface area contributed by atoms with E-state index in [1.807, 2.05) is 91.0 Å². The van der Waals surface area contributed by atoms with E-state index in [4.69, 9.17) is 0 Å². The van der Waals surface area contributed by atoms with E-state index in [0.29, 0.717) is 6.42 Å². The van der Waals surface area contributed by atoms with Crippen LogP contribution in [0.4, 0.5) is 0 Å². The first-order chi connectivity index (χ1) is 11.8. The van der Waals surface area contributed by atoms with Crippen LogP contribution in [0.3, 0.4) is 0 Å². The summed E-state index contributed by atoms with van der Waals surface area (Å²) in [4.78, 5) is 0.784. The van der Waals surface area contributed by atoms with Crippen LogP contribution in [-0.2, 0) is 10.8 Å². The summed E-state index contributed by atoms with van der Waals surface area (Å²) >= 11 is 0. The summed E-state index contributed by atoms with van der Waals surface area (Å²) in [5.74, 6) is 0. The molecule has 0 aliphatic heterocycles. The molecule has 0 saturated carbocycles. The van der Waals surface area contributed by atoms with Crippen molar-refractivity contribution in [1.82, 2.24) is 0 Å². The summed E-state index contributed by atoms with van der Waals surface area (Å²) in [6, 6.07) is 28.8. The maximum absolute atomic E-state index is 13.1. The van der Waals surface area contributed by atoms with Crippen LogP contribution in [-0.4, -0.2) is 9.32 Å². The highest BCUT2D eigenvalue weighted by Crippen LogP contribution is 2.33. The normalized spacial score (nSPS) is 14.7. The maximum atomic E-state index is 13.1. The van der Waals surface area contributed by atoms with Gasteiger partial charge in [0.25, 0.3) is 0 Å². The van der Waals surface area contributed by atoms with Gasteiger partial charge in [-0.1, -0.05) is 78.9 Å². The third-order valence-electron chi connectivity index (χ3n) is 4.03. The molecule has 1 N–H and O–H groups in total. The number of hydrogen-bond donors (Lipinski definition) is 1. The second kappa shape index (κ2) is 8.04. The van der Waals surface area contributed by atoms with E-state index in [-0.39, 0.29) is 5.25 Å². The van der Waals surface area contributed by atoms with E-state index in [9.17, 15) is 9.32 Å². The van der Waals surface area contributed by atoms with Gasteiger partial charge >= 0.3 is 0 Å². The molecule has 0 heterocycles. The molecule has 3 heteroatoms. The third kappa shape index (κ3) is 3.99. The van der Waals surface area contributed by atoms with Gasteiger partial charge in [-0.25, -0.2) is 0 Å². The lowest BCUT2D eigenvalue weighted by Gasteiger charge is -2.21. The van der Waals surface area contributed by atoms with Crippen LogP contribution in [0.25, 0.3) is 0 Å². The second-order valence-electron chi connectivity index (χ2n) is 5.67. The van der Waals surface area contributed by atoms with Gasteiger partial charge in [0.1, 0.15) is 0 Å². The lowest BCUT2D eigenvalue weighted by atomic mass is 10.0. The fraction of sp³-hybridized carbons (Fsp3) is 0.143. The van der Waals surface area contributed by atoms with Crippen molar-refractivity contribution in [2.45, 2.75) is 22.7 Å². The number of aliphatic hydroxyl groups excluding tert-OH is 1. The fourth-order valence-corrected chi connectivity index (χ4v) is 4.26. The van der Waals surface area contributed by atoms with Gasteiger partial charge in [-0.2, -0.15) is 0 Å². The Balaban J connectivity index is 1.90. The van der Waals surface area contributed by atoms with E-state index in [2.05, 4.69) is 0 Å². The standard InChI is InChI=1S/C21H20O2S/c22-20(17-10-4-1-5-11-17)16-21(18-12-6-2-7-13-18)24(23)19-14-8-3-9-15-19/h1-15,20-22H,16H2/t20-,21-,24?/m1/s1. The van der Waals surface area contributed by atoms with E-state index < -0.39 is 16.9 Å². The molecule has 0 aromatic heterocycles. The summed E-state index contributed by atoms with van der Waals surface area (Å²) in [5, 5.41) is 10.4. The van der Waals surface area contributed by atoms with Gasteiger partial charge in [-0.3, -0.25) is 4.21 Å². The average molecular weight is 336 g/mol. The van der Waals surface area contributed by atoms with Gasteiger partial charge < -0.3 is 5.11 Å². The number of hydrogen-bond acceptors (Lipinski definition) is 2. The molecule has 24 heavy (non-hydrogen) atoms. The van der Waals surface area contributed by atoms with Crippen molar-refractivity contribution in [1.29, 1.82) is 0 Å². The molecule has 0 saturated heterocycles. The molecule has 3 rings (SSSR count). The summed E-state index contributed by atoms with van der Waals surface area (Å²) in [6.07, 6.45) is -0.237. The Morgan fingerprint density at radius 3 is 1.71 bits per heavy atom. The Morgan fingerprint density at radius 1 is 0.708 bits per heavy atom. The molecule has 122 valence electrons. The van der Waals surface area contributed by atoms with Crippen molar-refractivity contribution in [3.05, 3.63) is 102 Å². The van der Waals surface area contributed by atoms with Gasteiger partial charge in [-0.05, 0) is 29.7 Å². The monoisotopic (exact) mass is 336 g/mol. The highest BCUT2D eigenvalue weighted by atomic mass is 32.2. The maximum Gasteiger partial charge on any atom is 0.0804 e. The lowest BCUT2D eigenvalue weighted by Crippen LogP contribution is -2.12. The zero-order chi connectivity index (χ0) is 16.8. The Hall–Kier alpha value is -2.23. The van der Waals surface area contributed by atoms with Gasteiger partial charge in [0.15, 0.2) is 0 Å². The van der Waals surface area contributed by atoms with Gasteiger partial charge in [-0.15, -0.1) is 0 Å². The van der Waals surface area contributed by atoms with Crippen molar-refractivity contribution < 1.29 is 9.32 Å². The smallest absolute Gasteiger partial charge is 0.0804 e. The lowest BCUT2D eigenvalue weighted by molar-refractivity contribution is 0.166. The molecule has 3 aromatic rings. The van der Waals surface area contributed by atoms with Crippen LogP contribution in [0.5, 0.6) is 0 Å². The molecule has 0 amide bonds. The molecule has 0 aliphatic rings. The Labute approximate surface area is 145 Å². The minimum atomic E-state index is -1.23. The highest BCUT2D eigenvalue weighted by Gasteiger charge is 2.24. The predicted molar refractivity (Wildman–Crippen MR) is 98.1 cm³/mol. The van der Waals surface area contributed by atoms with E-state index in [0.717, 1.165) is 16.0 Å². The van der Waals surface area contributed by atoms with Crippen LogP contribution in [0, 0.1) is 0 Å². The molecule has 3 aromatic carbocycles. The summed E-state index contributed by atoms with van der Waals surface area (Å²) in [7, 11) is -1.23. The van der Waals surface area contributed by atoms with Crippen LogP contribution >= 0.6 is 0 Å². The number of aliphatic hydroxyl groups is 1. The zero-order valence-corrected chi connectivity index (χ0v) is 14.1. The molecular weight excluding hydrogens is 316 g/mol. The number of rotatable bonds is 6. The average Bonchev–Trinajstić information content (AvgIpc) is 2.67. The quantitative estimate of drug-likeness (QED) is 0.711. The SMILES string of the molecule is O=S(c1ccccc1)[C@H](C[C@@H](O)c1ccccc1)c1ccccc1. The predicted octanol–water partition coefficient (Wildman–Crippen LogP) is 4.66. The Kier molecular flexibility index (Phi) is 5.57. The molecule has 3 atom stereocenters. The van der Waals surface area contributed by atoms with Crippen LogP contribution in [0.15, 0.2) is 95.9 Å². The summed E-state index contributed by atoms with van der Waals surface area (Å²) in [6.45, 7) is 0. The molecule has 0 bridgehead atoms. The highest BCUT2D eigenvalue weighted by molar-refractivity contribution is 7.85. The second-order valence-corrected chi connectivity index (χ2v) is 7.31. The van der Waals surface area contributed by atoms with Gasteiger partial charge in [0.05, 0.1) is 22.2 Å². The van der Waals surface area contributed by atoms with Crippen molar-refractivity contribution >= 4 is 10.8 Å². The summed E-state index contributed by atoms with van der Waals surface area (Å²) < 4.78 is 13.1. The minimum Gasteiger partial charge on any atom is -0.388 e. The largest absolute Gasteiger partial charge is 0.388 e. The molecule has 0 radical (unpaired) electrons. The van der Waals surface area contributed by atoms with Crippen molar-refractivity contribution in [2.75, 3.05) is 0 Å². The van der Waals surface area contributed by atoms with Crippen molar-refractivity contribution in [2.24, 2.45) is 0 Å². The Morgan fingerprint density at radius 2 is 1.17 bits per heavy atom. The molecule has 0 spiro atoms. The van der Waals surface area contributed by atoms with Gasteiger partial charge in [0, 0.05) is 4.90 Å². The van der Waals surface area contributed by atoms with Crippen molar-refractivity contribution in [3.8, 4) is 0 Å². The first-order valence-corrected chi connectivity index (χ1v) is 9.20. The van der Waals surface area contributed by atoms with Gasteiger partial charge in [0.2, 0.25) is 0 Å². The molecule has 1 unspecified atom stereocenters. The first kappa shape index (κ1) is 16.6. The Bertz CT molecular complexity index is 773. The topological polar surface area (TPSA) is 37.3 Å². The minimum absolute atomic E-state index is 0.260. The van der Waals surface area contributed by atoms with Crippen LogP contribution in [0.1, 0.15) is 28.9 Å². The van der Waals surface area contributed by atoms with E-state index >= 15 is 0 Å². The number of benzene rings is 3. The van der Waals surface area contributed by atoms with Crippen molar-refractivity contribution in [3.63, 3.8) is 0 Å². The van der Waals surface area contributed by atoms with Crippen LogP contribution in [0.2, 0.25) is 0 Å².